The van der Waals surface area contributed by atoms with Gasteiger partial charge in [-0.3, -0.25) is 9.78 Å². The van der Waals surface area contributed by atoms with Crippen LogP contribution in [-0.2, 0) is 0 Å². The molecule has 0 radical (unpaired) electrons. The topological polar surface area (TPSA) is 58.6 Å². The summed E-state index contributed by atoms with van der Waals surface area (Å²) in [5.74, 6) is 0. The quantitative estimate of drug-likeness (QED) is 0.706. The molecular formula is C14H11N3O. The van der Waals surface area contributed by atoms with Gasteiger partial charge in [-0.1, -0.05) is 0 Å². The van der Waals surface area contributed by atoms with Gasteiger partial charge in [0.2, 0.25) is 0 Å². The lowest BCUT2D eigenvalue weighted by Gasteiger charge is -2.04. The van der Waals surface area contributed by atoms with Crippen molar-refractivity contribution >= 4 is 11.0 Å². The molecule has 0 fully saturated rings. The first-order chi connectivity index (χ1) is 8.74. The van der Waals surface area contributed by atoms with Crippen LogP contribution in [0.25, 0.3) is 22.3 Å². The van der Waals surface area contributed by atoms with E-state index in [1.54, 1.807) is 24.5 Å². The molecule has 4 heteroatoms. The van der Waals surface area contributed by atoms with Crippen molar-refractivity contribution in [3.8, 4) is 11.3 Å². The van der Waals surface area contributed by atoms with Crippen molar-refractivity contribution < 1.29 is 0 Å². The smallest absolute Gasteiger partial charge is 0.191 e. The van der Waals surface area contributed by atoms with Crippen molar-refractivity contribution in [3.05, 3.63) is 58.6 Å². The van der Waals surface area contributed by atoms with Gasteiger partial charge in [-0.2, -0.15) is 0 Å². The highest BCUT2D eigenvalue weighted by atomic mass is 16.1. The molecule has 0 aliphatic rings. The summed E-state index contributed by atoms with van der Waals surface area (Å²) in [7, 11) is 0. The number of nitrogens with one attached hydrogen (secondary N) is 1. The molecule has 18 heavy (non-hydrogen) atoms. The molecule has 0 aliphatic heterocycles. The molecule has 3 aromatic heterocycles. The first-order valence-electron chi connectivity index (χ1n) is 5.65. The third-order valence-corrected chi connectivity index (χ3v) is 2.80. The van der Waals surface area contributed by atoms with E-state index < -0.39 is 0 Å². The lowest BCUT2D eigenvalue weighted by Crippen LogP contribution is -2.04. The van der Waals surface area contributed by atoms with Crippen LogP contribution in [0, 0.1) is 6.92 Å². The molecule has 3 aromatic rings. The monoisotopic (exact) mass is 237 g/mol. The molecule has 88 valence electrons. The largest absolute Gasteiger partial charge is 0.339 e. The fourth-order valence-electron chi connectivity index (χ4n) is 1.90. The van der Waals surface area contributed by atoms with E-state index in [1.165, 1.54) is 0 Å². The molecule has 0 aliphatic carbocycles. The number of hydrogen-bond acceptors (Lipinski definition) is 3. The van der Waals surface area contributed by atoms with Crippen LogP contribution in [0.1, 0.15) is 5.69 Å². The Morgan fingerprint density at radius 1 is 1.22 bits per heavy atom. The SMILES string of the molecule is Cc1ccc2c(=O)cc(-c3cccnc3)[nH]c2n1. The van der Waals surface area contributed by atoms with Gasteiger partial charge >= 0.3 is 0 Å². The molecule has 1 N–H and O–H groups in total. The maximum Gasteiger partial charge on any atom is 0.191 e. The summed E-state index contributed by atoms with van der Waals surface area (Å²) in [5.41, 5.74) is 3.07. The van der Waals surface area contributed by atoms with E-state index >= 15 is 0 Å². The molecule has 3 rings (SSSR count). The normalized spacial score (nSPS) is 10.7. The Kier molecular flexibility index (Phi) is 2.41. The Labute approximate surface area is 103 Å². The number of rotatable bonds is 1. The van der Waals surface area contributed by atoms with Crippen LogP contribution in [0.3, 0.4) is 0 Å². The van der Waals surface area contributed by atoms with E-state index in [-0.39, 0.29) is 5.43 Å². The molecule has 0 unspecified atom stereocenters. The maximum absolute atomic E-state index is 12.0. The molecule has 0 saturated heterocycles. The number of nitrogens with zero attached hydrogens (tertiary/aromatic N) is 2. The van der Waals surface area contributed by atoms with E-state index in [9.17, 15) is 4.79 Å². The second-order valence-corrected chi connectivity index (χ2v) is 4.14. The molecule has 0 aromatic carbocycles. The molecule has 0 atom stereocenters. The Bertz CT molecular complexity index is 763. The van der Waals surface area contributed by atoms with E-state index in [0.717, 1.165) is 17.0 Å². The summed E-state index contributed by atoms with van der Waals surface area (Å²) in [4.78, 5) is 23.6. The Morgan fingerprint density at radius 3 is 2.89 bits per heavy atom. The zero-order valence-electron chi connectivity index (χ0n) is 9.84. The van der Waals surface area contributed by atoms with Crippen molar-refractivity contribution in [2.75, 3.05) is 0 Å². The highest BCUT2D eigenvalue weighted by Crippen LogP contribution is 2.16. The van der Waals surface area contributed by atoms with Gasteiger partial charge < -0.3 is 4.98 Å². The van der Waals surface area contributed by atoms with Crippen LogP contribution in [0.5, 0.6) is 0 Å². The van der Waals surface area contributed by atoms with Gasteiger partial charge in [0.05, 0.1) is 11.1 Å². The second-order valence-electron chi connectivity index (χ2n) is 4.14. The second kappa shape index (κ2) is 4.07. The minimum Gasteiger partial charge on any atom is -0.339 e. The summed E-state index contributed by atoms with van der Waals surface area (Å²) in [6.45, 7) is 1.90. The van der Waals surface area contributed by atoms with E-state index in [2.05, 4.69) is 15.0 Å². The zero-order chi connectivity index (χ0) is 12.5. The standard InChI is InChI=1S/C14H11N3O/c1-9-4-5-11-13(18)7-12(17-14(11)16-9)10-3-2-6-15-8-10/h2-8H,1H3,(H,16,17,18). The summed E-state index contributed by atoms with van der Waals surface area (Å²) in [5, 5.41) is 0.605. The van der Waals surface area contributed by atoms with Crippen molar-refractivity contribution in [1.82, 2.24) is 15.0 Å². The summed E-state index contributed by atoms with van der Waals surface area (Å²) < 4.78 is 0. The first-order valence-corrected chi connectivity index (χ1v) is 5.65. The molecule has 3 heterocycles. The maximum atomic E-state index is 12.0. The fourth-order valence-corrected chi connectivity index (χ4v) is 1.90. The minimum absolute atomic E-state index is 0.0323. The fraction of sp³-hybridized carbons (Fsp3) is 0.0714. The van der Waals surface area contributed by atoms with Gasteiger partial charge in [0.25, 0.3) is 0 Å². The van der Waals surface area contributed by atoms with Crippen LogP contribution in [0.4, 0.5) is 0 Å². The molecule has 0 saturated carbocycles. The number of fused-ring (bicyclic) bond motifs is 1. The first kappa shape index (κ1) is 10.7. The van der Waals surface area contributed by atoms with E-state index in [0.29, 0.717) is 11.0 Å². The number of pyridine rings is 3. The van der Waals surface area contributed by atoms with Crippen LogP contribution < -0.4 is 5.43 Å². The average molecular weight is 237 g/mol. The van der Waals surface area contributed by atoms with E-state index in [4.69, 9.17) is 0 Å². The van der Waals surface area contributed by atoms with Crippen LogP contribution in [-0.4, -0.2) is 15.0 Å². The third kappa shape index (κ3) is 1.78. The molecule has 0 amide bonds. The Balaban J connectivity index is 2.30. The average Bonchev–Trinajstić information content (AvgIpc) is 2.39. The van der Waals surface area contributed by atoms with E-state index in [1.807, 2.05) is 25.1 Å². The van der Waals surface area contributed by atoms with Crippen LogP contribution in [0.2, 0.25) is 0 Å². The predicted octanol–water partition coefficient (Wildman–Crippen LogP) is 2.29. The molecule has 4 nitrogen and oxygen atoms in total. The molecule has 0 spiro atoms. The molecular weight excluding hydrogens is 226 g/mol. The summed E-state index contributed by atoms with van der Waals surface area (Å²) in [6, 6.07) is 8.95. The van der Waals surface area contributed by atoms with Gasteiger partial charge in [0, 0.05) is 29.7 Å². The molecule has 0 bridgehead atoms. The van der Waals surface area contributed by atoms with Crippen molar-refractivity contribution in [2.24, 2.45) is 0 Å². The predicted molar refractivity (Wildman–Crippen MR) is 70.3 cm³/mol. The van der Waals surface area contributed by atoms with Gasteiger partial charge in [0.15, 0.2) is 5.43 Å². The minimum atomic E-state index is -0.0323. The third-order valence-electron chi connectivity index (χ3n) is 2.80. The lowest BCUT2D eigenvalue weighted by molar-refractivity contribution is 1.19. The highest BCUT2D eigenvalue weighted by molar-refractivity contribution is 5.78. The van der Waals surface area contributed by atoms with Gasteiger partial charge in [-0.15, -0.1) is 0 Å². The van der Waals surface area contributed by atoms with Crippen molar-refractivity contribution in [2.45, 2.75) is 6.92 Å². The number of hydrogen-bond donors (Lipinski definition) is 1. The number of aromatic nitrogens is 3. The number of H-pyrrole nitrogens is 1. The Hall–Kier alpha value is -2.49. The van der Waals surface area contributed by atoms with Gasteiger partial charge in [0.1, 0.15) is 5.65 Å². The number of aryl methyl sites for hydroxylation is 1. The van der Waals surface area contributed by atoms with Crippen molar-refractivity contribution in [1.29, 1.82) is 0 Å². The summed E-state index contributed by atoms with van der Waals surface area (Å²) in [6.07, 6.45) is 3.41. The number of aromatic amines is 1. The van der Waals surface area contributed by atoms with Gasteiger partial charge in [-0.25, -0.2) is 4.98 Å². The van der Waals surface area contributed by atoms with Crippen LogP contribution in [0.15, 0.2) is 47.5 Å². The van der Waals surface area contributed by atoms with Crippen molar-refractivity contribution in [3.63, 3.8) is 0 Å². The Morgan fingerprint density at radius 2 is 2.11 bits per heavy atom. The lowest BCUT2D eigenvalue weighted by atomic mass is 10.1. The van der Waals surface area contributed by atoms with Gasteiger partial charge in [-0.05, 0) is 31.2 Å². The zero-order valence-corrected chi connectivity index (χ0v) is 9.84. The highest BCUT2D eigenvalue weighted by Gasteiger charge is 2.05. The summed E-state index contributed by atoms with van der Waals surface area (Å²) >= 11 is 0. The van der Waals surface area contributed by atoms with Crippen LogP contribution >= 0.6 is 0 Å².